The van der Waals surface area contributed by atoms with Crippen molar-refractivity contribution in [1.29, 1.82) is 0 Å². The lowest BCUT2D eigenvalue weighted by Crippen LogP contribution is -2.34. The van der Waals surface area contributed by atoms with Gasteiger partial charge in [-0.15, -0.1) is 0 Å². The molecule has 1 amide bonds. The van der Waals surface area contributed by atoms with E-state index in [0.717, 1.165) is 11.4 Å². The summed E-state index contributed by atoms with van der Waals surface area (Å²) < 4.78 is 10.2. The van der Waals surface area contributed by atoms with E-state index in [1.807, 2.05) is 12.1 Å². The highest BCUT2D eigenvalue weighted by Crippen LogP contribution is 2.21. The minimum atomic E-state index is -0.496. The number of nitrogens with one attached hydrogen (secondary N) is 2. The van der Waals surface area contributed by atoms with Crippen LogP contribution in [-0.4, -0.2) is 37.5 Å². The van der Waals surface area contributed by atoms with Crippen LogP contribution in [-0.2, 0) is 4.79 Å². The van der Waals surface area contributed by atoms with Gasteiger partial charge in [-0.05, 0) is 49.4 Å². The van der Waals surface area contributed by atoms with Crippen LogP contribution in [0.1, 0.15) is 12.5 Å². The number of amides is 1. The number of phenols is 1. The number of aromatic hydroxyl groups is 1. The van der Waals surface area contributed by atoms with Gasteiger partial charge in [0, 0.05) is 11.3 Å². The number of carbonyl (C=O) groups excluding carboxylic acids is 1. The van der Waals surface area contributed by atoms with Gasteiger partial charge in [0.25, 0.3) is 5.91 Å². The molecule has 0 heterocycles. The summed E-state index contributed by atoms with van der Waals surface area (Å²) in [6.45, 7) is 1.72. The maximum atomic E-state index is 12.1. The van der Waals surface area contributed by atoms with Crippen molar-refractivity contribution in [3.05, 3.63) is 48.0 Å². The molecule has 3 N–H and O–H groups in total. The quantitative estimate of drug-likeness (QED) is 0.530. The Kier molecular flexibility index (Phi) is 6.22. The van der Waals surface area contributed by atoms with E-state index in [0.29, 0.717) is 11.3 Å². The first-order chi connectivity index (χ1) is 12.0. The van der Waals surface area contributed by atoms with Crippen molar-refractivity contribution < 1.29 is 19.4 Å². The Balaban J connectivity index is 1.92. The summed E-state index contributed by atoms with van der Waals surface area (Å²) in [7, 11) is 3.12. The van der Waals surface area contributed by atoms with Crippen molar-refractivity contribution >= 4 is 17.8 Å². The largest absolute Gasteiger partial charge is 0.507 e. The van der Waals surface area contributed by atoms with Crippen molar-refractivity contribution in [3.63, 3.8) is 0 Å². The third kappa shape index (κ3) is 5.13. The van der Waals surface area contributed by atoms with E-state index in [4.69, 9.17) is 9.47 Å². The van der Waals surface area contributed by atoms with Gasteiger partial charge in [-0.2, -0.15) is 5.10 Å². The Morgan fingerprint density at radius 1 is 1.12 bits per heavy atom. The average Bonchev–Trinajstić information content (AvgIpc) is 2.63. The van der Waals surface area contributed by atoms with E-state index in [9.17, 15) is 9.90 Å². The maximum Gasteiger partial charge on any atom is 0.262 e. The predicted molar refractivity (Wildman–Crippen MR) is 96.5 cm³/mol. The molecular formula is C18H21N3O4. The van der Waals surface area contributed by atoms with Gasteiger partial charge in [0.2, 0.25) is 0 Å². The zero-order chi connectivity index (χ0) is 18.2. The van der Waals surface area contributed by atoms with E-state index in [-0.39, 0.29) is 11.7 Å². The second-order valence-corrected chi connectivity index (χ2v) is 5.25. The molecule has 0 spiro atoms. The highest BCUT2D eigenvalue weighted by atomic mass is 16.5. The molecule has 7 nitrogen and oxygen atoms in total. The first-order valence-electron chi connectivity index (χ1n) is 7.64. The van der Waals surface area contributed by atoms with E-state index >= 15 is 0 Å². The molecule has 1 unspecified atom stereocenters. The molecule has 1 atom stereocenters. The summed E-state index contributed by atoms with van der Waals surface area (Å²) in [5.74, 6) is 1.06. The second-order valence-electron chi connectivity index (χ2n) is 5.25. The van der Waals surface area contributed by atoms with E-state index in [2.05, 4.69) is 15.8 Å². The van der Waals surface area contributed by atoms with Crippen molar-refractivity contribution in [2.45, 2.75) is 13.0 Å². The molecule has 25 heavy (non-hydrogen) atoms. The third-order valence-electron chi connectivity index (χ3n) is 3.48. The van der Waals surface area contributed by atoms with Gasteiger partial charge in [-0.3, -0.25) is 4.79 Å². The van der Waals surface area contributed by atoms with Crippen LogP contribution >= 0.6 is 0 Å². The first kappa shape index (κ1) is 18.1. The molecule has 0 aliphatic heterocycles. The topological polar surface area (TPSA) is 92.2 Å². The van der Waals surface area contributed by atoms with Gasteiger partial charge in [0.15, 0.2) is 0 Å². The molecule has 0 bridgehead atoms. The van der Waals surface area contributed by atoms with Gasteiger partial charge >= 0.3 is 0 Å². The van der Waals surface area contributed by atoms with E-state index in [1.165, 1.54) is 19.4 Å². The smallest absolute Gasteiger partial charge is 0.262 e. The fourth-order valence-electron chi connectivity index (χ4n) is 2.03. The molecule has 0 aliphatic carbocycles. The van der Waals surface area contributed by atoms with Crippen LogP contribution in [0.25, 0.3) is 0 Å². The van der Waals surface area contributed by atoms with Crippen LogP contribution in [0.2, 0.25) is 0 Å². The molecule has 0 saturated carbocycles. The lowest BCUT2D eigenvalue weighted by Gasteiger charge is -2.13. The minimum absolute atomic E-state index is 0.0446. The number of rotatable bonds is 7. The first-order valence-corrected chi connectivity index (χ1v) is 7.64. The van der Waals surface area contributed by atoms with Crippen molar-refractivity contribution in [1.82, 2.24) is 5.43 Å². The van der Waals surface area contributed by atoms with Gasteiger partial charge in [0.1, 0.15) is 23.3 Å². The lowest BCUT2D eigenvalue weighted by molar-refractivity contribution is -0.121. The van der Waals surface area contributed by atoms with Crippen LogP contribution in [0.4, 0.5) is 5.69 Å². The summed E-state index contributed by atoms with van der Waals surface area (Å²) in [6.07, 6.45) is 1.36. The standard InChI is InChI=1S/C18H21N3O4/c1-12(20-14-4-6-15(24-2)7-5-14)18(23)21-19-11-13-10-16(25-3)8-9-17(13)22/h4-12,20,22H,1-3H3,(H,21,23). The number of nitrogens with zero attached hydrogens (tertiary/aromatic N) is 1. The predicted octanol–water partition coefficient (Wildman–Crippen LogP) is 2.36. The van der Waals surface area contributed by atoms with Gasteiger partial charge in [-0.25, -0.2) is 5.43 Å². The average molecular weight is 343 g/mol. The minimum Gasteiger partial charge on any atom is -0.507 e. The molecule has 7 heteroatoms. The maximum absolute atomic E-state index is 12.1. The molecular weight excluding hydrogens is 322 g/mol. The number of carbonyl (C=O) groups is 1. The fourth-order valence-corrected chi connectivity index (χ4v) is 2.03. The van der Waals surface area contributed by atoms with Crippen molar-refractivity contribution in [2.24, 2.45) is 5.10 Å². The summed E-state index contributed by atoms with van der Waals surface area (Å²) in [5.41, 5.74) is 3.66. The molecule has 0 aromatic heterocycles. The Labute approximate surface area is 146 Å². The van der Waals surface area contributed by atoms with Crippen LogP contribution in [0.15, 0.2) is 47.6 Å². The zero-order valence-corrected chi connectivity index (χ0v) is 14.3. The SMILES string of the molecule is COc1ccc(NC(C)C(=O)NN=Cc2cc(OC)ccc2O)cc1. The number of benzene rings is 2. The molecule has 2 rings (SSSR count). The zero-order valence-electron chi connectivity index (χ0n) is 14.3. The highest BCUT2D eigenvalue weighted by Gasteiger charge is 2.11. The fraction of sp³-hybridized carbons (Fsp3) is 0.222. The summed E-state index contributed by atoms with van der Waals surface area (Å²) in [6, 6.07) is 11.5. The monoisotopic (exact) mass is 343 g/mol. The third-order valence-corrected chi connectivity index (χ3v) is 3.48. The molecule has 2 aromatic carbocycles. The molecule has 132 valence electrons. The van der Waals surface area contributed by atoms with Crippen molar-refractivity contribution in [3.8, 4) is 17.2 Å². The van der Waals surface area contributed by atoms with Crippen LogP contribution in [0.5, 0.6) is 17.2 Å². The van der Waals surface area contributed by atoms with Gasteiger partial charge in [0.05, 0.1) is 20.4 Å². The number of hydrogen-bond donors (Lipinski definition) is 3. The highest BCUT2D eigenvalue weighted by molar-refractivity contribution is 5.88. The number of ether oxygens (including phenoxy) is 2. The Morgan fingerprint density at radius 3 is 2.40 bits per heavy atom. The number of methoxy groups -OCH3 is 2. The molecule has 0 saturated heterocycles. The van der Waals surface area contributed by atoms with Crippen LogP contribution in [0.3, 0.4) is 0 Å². The van der Waals surface area contributed by atoms with E-state index < -0.39 is 6.04 Å². The van der Waals surface area contributed by atoms with Crippen LogP contribution in [0, 0.1) is 0 Å². The Bertz CT molecular complexity index is 744. The lowest BCUT2D eigenvalue weighted by atomic mass is 10.2. The second kappa shape index (κ2) is 8.58. The Hall–Kier alpha value is -3.22. The van der Waals surface area contributed by atoms with Gasteiger partial charge < -0.3 is 19.9 Å². The van der Waals surface area contributed by atoms with E-state index in [1.54, 1.807) is 38.3 Å². The molecule has 0 aliphatic rings. The van der Waals surface area contributed by atoms with Crippen LogP contribution < -0.4 is 20.2 Å². The number of hydrazone groups is 1. The number of hydrogen-bond acceptors (Lipinski definition) is 6. The molecule has 0 fully saturated rings. The normalized spacial score (nSPS) is 11.8. The summed E-state index contributed by atoms with van der Waals surface area (Å²) in [5, 5.41) is 16.7. The molecule has 0 radical (unpaired) electrons. The molecule has 2 aromatic rings. The number of phenolic OH excluding ortho intramolecular Hbond substituents is 1. The van der Waals surface area contributed by atoms with Gasteiger partial charge in [-0.1, -0.05) is 0 Å². The Morgan fingerprint density at radius 2 is 1.76 bits per heavy atom. The summed E-state index contributed by atoms with van der Waals surface area (Å²) >= 11 is 0. The van der Waals surface area contributed by atoms with Crippen molar-refractivity contribution in [2.75, 3.05) is 19.5 Å². The number of anilines is 1. The summed E-state index contributed by atoms with van der Waals surface area (Å²) in [4.78, 5) is 12.1.